The molecule has 0 bridgehead atoms. The fourth-order valence-electron chi connectivity index (χ4n) is 1.75. The Morgan fingerprint density at radius 3 is 1.88 bits per heavy atom. The highest BCUT2D eigenvalue weighted by Crippen LogP contribution is 2.26. The molecule has 0 aliphatic heterocycles. The molecule has 1 unspecified atom stereocenters. The number of nitrogens with one attached hydrogen (secondary N) is 1. The predicted molar refractivity (Wildman–Crippen MR) is 67.9 cm³/mol. The third-order valence-electron chi connectivity index (χ3n) is 1.94. The van der Waals surface area contributed by atoms with Crippen LogP contribution in [0.3, 0.4) is 0 Å². The summed E-state index contributed by atoms with van der Waals surface area (Å²) >= 11 is 0. The number of aldehydes is 1. The van der Waals surface area contributed by atoms with Crippen molar-refractivity contribution in [2.24, 2.45) is 5.41 Å². The second kappa shape index (κ2) is 5.07. The van der Waals surface area contributed by atoms with E-state index >= 15 is 0 Å². The van der Waals surface area contributed by atoms with Gasteiger partial charge in [-0.05, 0) is 39.5 Å². The van der Waals surface area contributed by atoms with E-state index in [1.54, 1.807) is 27.7 Å². The molecule has 1 N–H and O–H groups in total. The smallest absolute Gasteiger partial charge is 0.408 e. The summed E-state index contributed by atoms with van der Waals surface area (Å²) < 4.78 is 5.14. The number of rotatable bonds is 3. The normalized spacial score (nSPS) is 15.9. The number of hydrogen-bond acceptors (Lipinski definition) is 3. The van der Waals surface area contributed by atoms with Crippen molar-refractivity contribution < 1.29 is 14.3 Å². The first-order valence-corrected chi connectivity index (χ1v) is 5.84. The van der Waals surface area contributed by atoms with Crippen molar-refractivity contribution in [3.63, 3.8) is 0 Å². The van der Waals surface area contributed by atoms with Gasteiger partial charge in [-0.3, -0.25) is 0 Å². The van der Waals surface area contributed by atoms with Gasteiger partial charge < -0.3 is 14.8 Å². The second-order valence-electron chi connectivity index (χ2n) is 6.90. The van der Waals surface area contributed by atoms with Crippen LogP contribution in [0.15, 0.2) is 0 Å². The molecule has 0 aromatic carbocycles. The van der Waals surface area contributed by atoms with E-state index in [4.69, 9.17) is 4.74 Å². The predicted octanol–water partition coefficient (Wildman–Crippen LogP) is 2.90. The highest BCUT2D eigenvalue weighted by Gasteiger charge is 2.32. The van der Waals surface area contributed by atoms with Crippen LogP contribution in [-0.4, -0.2) is 23.5 Å². The van der Waals surface area contributed by atoms with Crippen LogP contribution in [-0.2, 0) is 9.53 Å². The molecule has 0 aliphatic rings. The maximum Gasteiger partial charge on any atom is 0.408 e. The third kappa shape index (κ3) is 7.77. The van der Waals surface area contributed by atoms with Crippen molar-refractivity contribution in [1.82, 2.24) is 5.32 Å². The fourth-order valence-corrected chi connectivity index (χ4v) is 1.75. The average Bonchev–Trinajstić information content (AvgIpc) is 1.95. The van der Waals surface area contributed by atoms with E-state index in [9.17, 15) is 9.59 Å². The number of hydrogen-bond donors (Lipinski definition) is 1. The first-order valence-electron chi connectivity index (χ1n) is 5.84. The summed E-state index contributed by atoms with van der Waals surface area (Å²) in [5, 5.41) is 2.63. The van der Waals surface area contributed by atoms with Gasteiger partial charge in [0.15, 0.2) is 0 Å². The zero-order valence-electron chi connectivity index (χ0n) is 12.0. The first kappa shape index (κ1) is 15.9. The third-order valence-corrected chi connectivity index (χ3v) is 1.94. The van der Waals surface area contributed by atoms with E-state index in [1.165, 1.54) is 0 Å². The minimum atomic E-state index is -0.888. The second-order valence-corrected chi connectivity index (χ2v) is 6.90. The lowest BCUT2D eigenvalue weighted by Crippen LogP contribution is -2.51. The Morgan fingerprint density at radius 2 is 1.59 bits per heavy atom. The van der Waals surface area contributed by atoms with Crippen molar-refractivity contribution in [1.29, 1.82) is 0 Å². The summed E-state index contributed by atoms with van der Waals surface area (Å²) in [5.74, 6) is 0. The van der Waals surface area contributed by atoms with Crippen LogP contribution in [0.1, 0.15) is 54.9 Å². The molecule has 17 heavy (non-hydrogen) atoms. The molecule has 0 radical (unpaired) electrons. The fraction of sp³-hybridized carbons (Fsp3) is 0.846. The van der Waals surface area contributed by atoms with E-state index in [-0.39, 0.29) is 5.41 Å². The van der Waals surface area contributed by atoms with Gasteiger partial charge in [-0.1, -0.05) is 20.8 Å². The Hall–Kier alpha value is -1.06. The maximum atomic E-state index is 11.6. The molecule has 0 aliphatic carbocycles. The van der Waals surface area contributed by atoms with Gasteiger partial charge in [-0.25, -0.2) is 4.79 Å². The van der Waals surface area contributed by atoms with Gasteiger partial charge in [0, 0.05) is 0 Å². The summed E-state index contributed by atoms with van der Waals surface area (Å²) in [6.45, 7) is 13.1. The zero-order chi connectivity index (χ0) is 13.9. The highest BCUT2D eigenvalue weighted by atomic mass is 16.6. The maximum absolute atomic E-state index is 11.6. The van der Waals surface area contributed by atoms with Crippen LogP contribution >= 0.6 is 0 Å². The Labute approximate surface area is 104 Å². The van der Waals surface area contributed by atoms with Crippen molar-refractivity contribution in [3.8, 4) is 0 Å². The van der Waals surface area contributed by atoms with Gasteiger partial charge in [-0.15, -0.1) is 0 Å². The largest absolute Gasteiger partial charge is 0.444 e. The molecular formula is C13H25NO3. The Balaban J connectivity index is 4.59. The van der Waals surface area contributed by atoms with Gasteiger partial charge in [0.1, 0.15) is 11.9 Å². The Morgan fingerprint density at radius 1 is 1.12 bits per heavy atom. The lowest BCUT2D eigenvalue weighted by Gasteiger charge is -2.32. The number of ether oxygens (including phenoxy) is 1. The topological polar surface area (TPSA) is 55.4 Å². The molecule has 100 valence electrons. The van der Waals surface area contributed by atoms with Gasteiger partial charge in [0.05, 0.1) is 5.54 Å². The molecule has 0 aromatic rings. The van der Waals surface area contributed by atoms with Crippen molar-refractivity contribution in [3.05, 3.63) is 0 Å². The van der Waals surface area contributed by atoms with Crippen molar-refractivity contribution in [2.75, 3.05) is 0 Å². The number of alkyl carbamates (subject to hydrolysis) is 1. The van der Waals surface area contributed by atoms with E-state index in [0.29, 0.717) is 6.42 Å². The molecule has 0 saturated carbocycles. The standard InChI is InChI=1S/C13H25NO3/c1-11(2,3)8-13(7,9-15)14-10(16)17-12(4,5)6/h9H,8H2,1-7H3,(H,14,16). The van der Waals surface area contributed by atoms with Gasteiger partial charge in [0.2, 0.25) is 0 Å². The van der Waals surface area contributed by atoms with Gasteiger partial charge in [0.25, 0.3) is 0 Å². The Bertz CT molecular complexity index is 286. The van der Waals surface area contributed by atoms with Gasteiger partial charge in [-0.2, -0.15) is 0 Å². The molecular weight excluding hydrogens is 218 g/mol. The summed E-state index contributed by atoms with van der Waals surface area (Å²) in [7, 11) is 0. The monoisotopic (exact) mass is 243 g/mol. The molecule has 0 spiro atoms. The highest BCUT2D eigenvalue weighted by molar-refractivity contribution is 5.76. The minimum Gasteiger partial charge on any atom is -0.444 e. The van der Waals surface area contributed by atoms with Crippen molar-refractivity contribution >= 4 is 12.4 Å². The van der Waals surface area contributed by atoms with Crippen LogP contribution in [0, 0.1) is 5.41 Å². The molecule has 1 atom stereocenters. The lowest BCUT2D eigenvalue weighted by atomic mass is 9.81. The molecule has 0 heterocycles. The van der Waals surface area contributed by atoms with Crippen LogP contribution in [0.25, 0.3) is 0 Å². The first-order chi connectivity index (χ1) is 7.37. The summed E-state index contributed by atoms with van der Waals surface area (Å²) in [4.78, 5) is 22.8. The molecule has 0 rings (SSSR count). The van der Waals surface area contributed by atoms with Crippen LogP contribution < -0.4 is 5.32 Å². The van der Waals surface area contributed by atoms with Crippen LogP contribution in [0.2, 0.25) is 0 Å². The minimum absolute atomic E-state index is 0.0509. The van der Waals surface area contributed by atoms with E-state index in [2.05, 4.69) is 5.32 Å². The Kier molecular flexibility index (Phi) is 4.75. The molecule has 4 nitrogen and oxygen atoms in total. The molecule has 1 amide bonds. The number of carbonyl (C=O) groups is 2. The SMILES string of the molecule is CC(C)(C)CC(C)(C=O)NC(=O)OC(C)(C)C. The molecule has 0 fully saturated rings. The average molecular weight is 243 g/mol. The summed E-state index contributed by atoms with van der Waals surface area (Å²) in [5.41, 5.74) is -1.50. The molecule has 0 aromatic heterocycles. The molecule has 0 saturated heterocycles. The lowest BCUT2D eigenvalue weighted by molar-refractivity contribution is -0.114. The molecule has 4 heteroatoms. The van der Waals surface area contributed by atoms with Crippen molar-refractivity contribution in [2.45, 2.75) is 66.0 Å². The van der Waals surface area contributed by atoms with Crippen LogP contribution in [0.5, 0.6) is 0 Å². The van der Waals surface area contributed by atoms with Gasteiger partial charge >= 0.3 is 6.09 Å². The van der Waals surface area contributed by atoms with E-state index in [0.717, 1.165) is 6.29 Å². The van der Waals surface area contributed by atoms with E-state index in [1.807, 2.05) is 20.8 Å². The zero-order valence-corrected chi connectivity index (χ0v) is 12.0. The quantitative estimate of drug-likeness (QED) is 0.775. The summed E-state index contributed by atoms with van der Waals surface area (Å²) in [6.07, 6.45) is 0.765. The summed E-state index contributed by atoms with van der Waals surface area (Å²) in [6, 6.07) is 0. The number of carbonyl (C=O) groups excluding carboxylic acids is 2. The van der Waals surface area contributed by atoms with E-state index < -0.39 is 17.2 Å². The number of amides is 1. The van der Waals surface area contributed by atoms with Crippen LogP contribution in [0.4, 0.5) is 4.79 Å².